The van der Waals surface area contributed by atoms with Crippen LogP contribution < -0.4 is 0 Å². The molecule has 0 amide bonds. The lowest BCUT2D eigenvalue weighted by Crippen LogP contribution is -1.81. The van der Waals surface area contributed by atoms with Crippen molar-refractivity contribution in [2.75, 3.05) is 0 Å². The Hall–Kier alpha value is -1.66. The summed E-state index contributed by atoms with van der Waals surface area (Å²) in [4.78, 5) is 0. The first-order valence-electron chi connectivity index (χ1n) is 9.93. The van der Waals surface area contributed by atoms with Crippen LogP contribution in [-0.4, -0.2) is 0 Å². The molecule has 1 aromatic carbocycles. The molecule has 0 aliphatic rings. The van der Waals surface area contributed by atoms with Crippen molar-refractivity contribution in [3.05, 3.63) is 35.9 Å². The maximum absolute atomic E-state index is 3.30. The third kappa shape index (κ3) is 12.8. The molecule has 130 valence electrons. The van der Waals surface area contributed by atoms with Gasteiger partial charge >= 0.3 is 0 Å². The lowest BCUT2D eigenvalue weighted by Gasteiger charge is -2.00. The Bertz CT molecular complexity index is 504. The van der Waals surface area contributed by atoms with Crippen LogP contribution in [0.2, 0.25) is 0 Å². The Morgan fingerprint density at radius 2 is 1.08 bits per heavy atom. The van der Waals surface area contributed by atoms with Gasteiger partial charge in [0.1, 0.15) is 0 Å². The van der Waals surface area contributed by atoms with E-state index in [1.807, 2.05) is 18.2 Å². The molecule has 0 unspecified atom stereocenters. The van der Waals surface area contributed by atoms with E-state index in [4.69, 9.17) is 0 Å². The molecular formula is C24H34. The lowest BCUT2D eigenvalue weighted by atomic mass is 10.1. The lowest BCUT2D eigenvalue weighted by molar-refractivity contribution is 0.573. The molecule has 0 heterocycles. The predicted octanol–water partition coefficient (Wildman–Crippen LogP) is 7.13. The van der Waals surface area contributed by atoms with Gasteiger partial charge in [-0.2, -0.15) is 0 Å². The quantitative estimate of drug-likeness (QED) is 0.300. The first-order valence-corrected chi connectivity index (χ1v) is 9.93. The summed E-state index contributed by atoms with van der Waals surface area (Å²) in [6.07, 6.45) is 16.5. The monoisotopic (exact) mass is 322 g/mol. The fourth-order valence-electron chi connectivity index (χ4n) is 2.62. The van der Waals surface area contributed by atoms with Gasteiger partial charge in [-0.1, -0.05) is 81.9 Å². The molecule has 1 rings (SSSR count). The summed E-state index contributed by atoms with van der Waals surface area (Å²) in [6, 6.07) is 10.3. The van der Waals surface area contributed by atoms with E-state index in [9.17, 15) is 0 Å². The van der Waals surface area contributed by atoms with Crippen LogP contribution >= 0.6 is 0 Å². The number of hydrogen-bond donors (Lipinski definition) is 0. The van der Waals surface area contributed by atoms with E-state index in [2.05, 4.69) is 42.7 Å². The van der Waals surface area contributed by atoms with Crippen molar-refractivity contribution in [2.45, 2.75) is 90.4 Å². The Morgan fingerprint density at radius 3 is 1.67 bits per heavy atom. The van der Waals surface area contributed by atoms with Crippen LogP contribution in [0.25, 0.3) is 0 Å². The van der Waals surface area contributed by atoms with Gasteiger partial charge in [-0.3, -0.25) is 0 Å². The standard InChI is InChI=1S/C24H34/c1-2-3-4-5-6-7-8-9-10-11-12-13-14-15-16-18-21-24-22-19-17-20-23-24/h17,19-20,22-23H,2-4,7-16H2,1H3. The fraction of sp³-hybridized carbons (Fsp3) is 0.583. The van der Waals surface area contributed by atoms with E-state index >= 15 is 0 Å². The summed E-state index contributed by atoms with van der Waals surface area (Å²) >= 11 is 0. The molecule has 24 heavy (non-hydrogen) atoms. The Kier molecular flexibility index (Phi) is 13.8. The van der Waals surface area contributed by atoms with Gasteiger partial charge in [-0.05, 0) is 31.4 Å². The van der Waals surface area contributed by atoms with E-state index in [1.165, 1.54) is 64.2 Å². The van der Waals surface area contributed by atoms with Gasteiger partial charge in [0, 0.05) is 24.8 Å². The van der Waals surface area contributed by atoms with E-state index in [-0.39, 0.29) is 0 Å². The summed E-state index contributed by atoms with van der Waals surface area (Å²) in [6.45, 7) is 2.22. The van der Waals surface area contributed by atoms with Crippen molar-refractivity contribution < 1.29 is 0 Å². The highest BCUT2D eigenvalue weighted by Gasteiger charge is 1.91. The second-order valence-electron chi connectivity index (χ2n) is 6.45. The largest absolute Gasteiger partial charge is 0.103 e. The van der Waals surface area contributed by atoms with E-state index in [0.29, 0.717) is 0 Å². The van der Waals surface area contributed by atoms with Gasteiger partial charge in [0.05, 0.1) is 0 Å². The Balaban J connectivity index is 1.82. The zero-order valence-electron chi connectivity index (χ0n) is 15.6. The molecule has 0 atom stereocenters. The molecule has 0 bridgehead atoms. The minimum absolute atomic E-state index is 1.03. The molecule has 0 heteroatoms. The zero-order chi connectivity index (χ0) is 17.1. The molecule has 0 aliphatic carbocycles. The Morgan fingerprint density at radius 1 is 0.583 bits per heavy atom. The fourth-order valence-corrected chi connectivity index (χ4v) is 2.62. The molecule has 1 aromatic rings. The molecule has 0 aromatic heterocycles. The highest BCUT2D eigenvalue weighted by molar-refractivity contribution is 5.33. The molecule has 0 spiro atoms. The summed E-state index contributed by atoms with van der Waals surface area (Å²) < 4.78 is 0. The smallest absolute Gasteiger partial charge is 0.0245 e. The average Bonchev–Trinajstić information content (AvgIpc) is 2.62. The highest BCUT2D eigenvalue weighted by atomic mass is 14.0. The van der Waals surface area contributed by atoms with E-state index in [1.54, 1.807) is 0 Å². The van der Waals surface area contributed by atoms with Gasteiger partial charge in [0.25, 0.3) is 0 Å². The van der Waals surface area contributed by atoms with Gasteiger partial charge in [-0.15, -0.1) is 11.8 Å². The molecular weight excluding hydrogens is 288 g/mol. The van der Waals surface area contributed by atoms with Crippen molar-refractivity contribution in [3.8, 4) is 23.7 Å². The van der Waals surface area contributed by atoms with Crippen molar-refractivity contribution in [1.29, 1.82) is 0 Å². The molecule has 0 nitrogen and oxygen atoms in total. The van der Waals surface area contributed by atoms with Crippen LogP contribution in [0.15, 0.2) is 30.3 Å². The summed E-state index contributed by atoms with van der Waals surface area (Å²) in [5, 5.41) is 0. The minimum Gasteiger partial charge on any atom is -0.103 e. The van der Waals surface area contributed by atoms with Crippen LogP contribution in [0.5, 0.6) is 0 Å². The second kappa shape index (κ2) is 16.2. The van der Waals surface area contributed by atoms with Crippen LogP contribution in [0.1, 0.15) is 96.0 Å². The molecule has 0 radical (unpaired) electrons. The summed E-state index contributed by atoms with van der Waals surface area (Å²) in [5.74, 6) is 13.1. The highest BCUT2D eigenvalue weighted by Crippen LogP contribution is 2.10. The molecule has 0 saturated carbocycles. The van der Waals surface area contributed by atoms with Crippen molar-refractivity contribution in [2.24, 2.45) is 0 Å². The van der Waals surface area contributed by atoms with Gasteiger partial charge in [-0.25, -0.2) is 0 Å². The third-order valence-electron chi connectivity index (χ3n) is 4.14. The molecule has 0 aliphatic heterocycles. The number of rotatable bonds is 11. The zero-order valence-corrected chi connectivity index (χ0v) is 15.6. The summed E-state index contributed by atoms with van der Waals surface area (Å²) in [7, 11) is 0. The molecule has 0 N–H and O–H groups in total. The minimum atomic E-state index is 1.03. The number of unbranched alkanes of at least 4 members (excludes halogenated alkanes) is 11. The third-order valence-corrected chi connectivity index (χ3v) is 4.14. The Labute approximate surface area is 150 Å². The van der Waals surface area contributed by atoms with Gasteiger partial charge in [0.2, 0.25) is 0 Å². The number of hydrogen-bond acceptors (Lipinski definition) is 0. The normalized spacial score (nSPS) is 9.71. The van der Waals surface area contributed by atoms with Crippen LogP contribution in [0, 0.1) is 23.7 Å². The predicted molar refractivity (Wildman–Crippen MR) is 107 cm³/mol. The van der Waals surface area contributed by atoms with Crippen LogP contribution in [-0.2, 0) is 0 Å². The first-order chi connectivity index (χ1) is 11.9. The maximum atomic E-state index is 3.30. The van der Waals surface area contributed by atoms with Crippen molar-refractivity contribution >= 4 is 0 Å². The molecule has 0 fully saturated rings. The first kappa shape index (κ1) is 20.4. The van der Waals surface area contributed by atoms with Crippen molar-refractivity contribution in [1.82, 2.24) is 0 Å². The van der Waals surface area contributed by atoms with Crippen LogP contribution in [0.4, 0.5) is 0 Å². The van der Waals surface area contributed by atoms with E-state index in [0.717, 1.165) is 24.8 Å². The van der Waals surface area contributed by atoms with Gasteiger partial charge in [0.15, 0.2) is 0 Å². The average molecular weight is 323 g/mol. The molecule has 0 saturated heterocycles. The summed E-state index contributed by atoms with van der Waals surface area (Å²) in [5.41, 5.74) is 1.13. The van der Waals surface area contributed by atoms with Crippen LogP contribution in [0.3, 0.4) is 0 Å². The second-order valence-corrected chi connectivity index (χ2v) is 6.45. The van der Waals surface area contributed by atoms with Gasteiger partial charge < -0.3 is 0 Å². The number of benzene rings is 1. The van der Waals surface area contributed by atoms with E-state index < -0.39 is 0 Å². The topological polar surface area (TPSA) is 0 Å². The SMILES string of the molecule is CCCCC#CCCCCCCCCCCC#Cc1ccccc1. The maximum Gasteiger partial charge on any atom is 0.0245 e. The van der Waals surface area contributed by atoms with Crippen molar-refractivity contribution in [3.63, 3.8) is 0 Å².